The summed E-state index contributed by atoms with van der Waals surface area (Å²) in [6.07, 6.45) is -4.85. The van der Waals surface area contributed by atoms with Crippen molar-refractivity contribution < 1.29 is 22.3 Å². The van der Waals surface area contributed by atoms with Crippen LogP contribution in [0.3, 0.4) is 0 Å². The predicted molar refractivity (Wildman–Crippen MR) is 40.4 cm³/mol. The third-order valence-electron chi connectivity index (χ3n) is 1.67. The Morgan fingerprint density at radius 2 is 1.86 bits per heavy atom. The van der Waals surface area contributed by atoms with E-state index in [9.17, 15) is 17.6 Å². The van der Waals surface area contributed by atoms with Gasteiger partial charge in [0.2, 0.25) is 11.8 Å². The van der Waals surface area contributed by atoms with Gasteiger partial charge < -0.3 is 4.74 Å². The van der Waals surface area contributed by atoms with E-state index in [1.165, 1.54) is 13.8 Å². The highest BCUT2D eigenvalue weighted by atomic mass is 19.4. The quantitative estimate of drug-likeness (QED) is 0.524. The average Bonchev–Trinajstić information content (AvgIpc) is 1.96. The molecule has 0 radical (unpaired) electrons. The largest absolute Gasteiger partial charge is 0.574 e. The second-order valence-electron chi connectivity index (χ2n) is 2.74. The molecule has 14 heavy (non-hydrogen) atoms. The van der Waals surface area contributed by atoms with Crippen LogP contribution in [-0.4, -0.2) is 11.3 Å². The van der Waals surface area contributed by atoms with Gasteiger partial charge in [0.05, 0.1) is 0 Å². The number of aryl methyl sites for hydroxylation is 1. The first kappa shape index (κ1) is 10.7. The molecular weight excluding hydrogens is 202 g/mol. The predicted octanol–water partition coefficient (Wildman–Crippen LogP) is 2.74. The molecule has 0 unspecified atom stereocenters. The Morgan fingerprint density at radius 1 is 1.29 bits per heavy atom. The van der Waals surface area contributed by atoms with Crippen molar-refractivity contribution in [1.82, 2.24) is 4.98 Å². The summed E-state index contributed by atoms with van der Waals surface area (Å²) in [5, 5.41) is 0. The number of rotatable bonds is 1. The zero-order chi connectivity index (χ0) is 10.9. The highest BCUT2D eigenvalue weighted by Crippen LogP contribution is 2.25. The summed E-state index contributed by atoms with van der Waals surface area (Å²) in [7, 11) is 0. The summed E-state index contributed by atoms with van der Waals surface area (Å²) < 4.78 is 51.6. The fourth-order valence-corrected chi connectivity index (χ4v) is 0.878. The Hall–Kier alpha value is -1.33. The lowest BCUT2D eigenvalue weighted by atomic mass is 10.2. The van der Waals surface area contributed by atoms with E-state index in [4.69, 9.17) is 0 Å². The molecule has 0 atom stereocenters. The average molecular weight is 209 g/mol. The SMILES string of the molecule is Cc1cc(F)nc(OC(F)(F)F)c1C. The summed E-state index contributed by atoms with van der Waals surface area (Å²) in [6, 6.07) is 1.04. The van der Waals surface area contributed by atoms with E-state index in [-0.39, 0.29) is 5.56 Å². The monoisotopic (exact) mass is 209 g/mol. The minimum atomic E-state index is -4.85. The van der Waals surface area contributed by atoms with Crippen LogP contribution in [0.5, 0.6) is 5.88 Å². The molecule has 0 aliphatic heterocycles. The molecule has 0 aromatic carbocycles. The molecule has 0 fully saturated rings. The van der Waals surface area contributed by atoms with Gasteiger partial charge in [-0.15, -0.1) is 13.2 Å². The Labute approximate surface area is 77.5 Å². The molecule has 1 heterocycles. The van der Waals surface area contributed by atoms with Crippen LogP contribution in [-0.2, 0) is 0 Å². The van der Waals surface area contributed by atoms with E-state index >= 15 is 0 Å². The van der Waals surface area contributed by atoms with Crippen molar-refractivity contribution in [2.24, 2.45) is 0 Å². The van der Waals surface area contributed by atoms with E-state index in [0.29, 0.717) is 5.56 Å². The van der Waals surface area contributed by atoms with Gasteiger partial charge in [-0.25, -0.2) is 0 Å². The molecule has 0 aliphatic rings. The van der Waals surface area contributed by atoms with Crippen molar-refractivity contribution in [3.8, 4) is 5.88 Å². The molecule has 0 bridgehead atoms. The fraction of sp³-hybridized carbons (Fsp3) is 0.375. The number of aromatic nitrogens is 1. The number of alkyl halides is 3. The van der Waals surface area contributed by atoms with Gasteiger partial charge in [0, 0.05) is 5.56 Å². The van der Waals surface area contributed by atoms with Crippen molar-refractivity contribution in [3.05, 3.63) is 23.1 Å². The number of hydrogen-bond donors (Lipinski definition) is 0. The minimum Gasteiger partial charge on any atom is -0.387 e. The first-order valence-electron chi connectivity index (χ1n) is 3.69. The zero-order valence-corrected chi connectivity index (χ0v) is 7.44. The van der Waals surface area contributed by atoms with Gasteiger partial charge in [-0.05, 0) is 25.5 Å². The van der Waals surface area contributed by atoms with Gasteiger partial charge in [0.15, 0.2) is 0 Å². The lowest BCUT2D eigenvalue weighted by Crippen LogP contribution is -2.19. The van der Waals surface area contributed by atoms with Gasteiger partial charge in [0.1, 0.15) is 0 Å². The first-order valence-corrected chi connectivity index (χ1v) is 3.69. The third-order valence-corrected chi connectivity index (χ3v) is 1.67. The molecule has 0 saturated carbocycles. The summed E-state index contributed by atoms with van der Waals surface area (Å²) in [5.41, 5.74) is 0.528. The van der Waals surface area contributed by atoms with E-state index < -0.39 is 18.2 Å². The van der Waals surface area contributed by atoms with Crippen molar-refractivity contribution in [2.75, 3.05) is 0 Å². The molecule has 0 saturated heterocycles. The number of ether oxygens (including phenoxy) is 1. The molecule has 0 amide bonds. The van der Waals surface area contributed by atoms with Gasteiger partial charge in [-0.3, -0.25) is 0 Å². The van der Waals surface area contributed by atoms with Gasteiger partial charge in [-0.1, -0.05) is 0 Å². The molecule has 0 spiro atoms. The Morgan fingerprint density at radius 3 is 2.36 bits per heavy atom. The normalized spacial score (nSPS) is 11.6. The molecule has 0 N–H and O–H groups in total. The van der Waals surface area contributed by atoms with Crippen LogP contribution in [0, 0.1) is 19.8 Å². The zero-order valence-electron chi connectivity index (χ0n) is 7.44. The number of pyridine rings is 1. The van der Waals surface area contributed by atoms with E-state index in [1.807, 2.05) is 0 Å². The van der Waals surface area contributed by atoms with Gasteiger partial charge >= 0.3 is 6.36 Å². The molecule has 2 nitrogen and oxygen atoms in total. The third kappa shape index (κ3) is 2.58. The molecule has 1 aromatic rings. The van der Waals surface area contributed by atoms with Gasteiger partial charge in [0.25, 0.3) is 0 Å². The number of nitrogens with zero attached hydrogens (tertiary/aromatic N) is 1. The molecule has 0 aliphatic carbocycles. The standard InChI is InChI=1S/C8H7F4NO/c1-4-3-6(9)13-7(5(4)2)14-8(10,11)12/h3H,1-2H3. The fourth-order valence-electron chi connectivity index (χ4n) is 0.878. The van der Waals surface area contributed by atoms with Crippen LogP contribution in [0.1, 0.15) is 11.1 Å². The van der Waals surface area contributed by atoms with E-state index in [0.717, 1.165) is 6.07 Å². The Bertz CT molecular complexity index is 348. The summed E-state index contributed by atoms with van der Waals surface area (Å²) in [5.74, 6) is -1.73. The molecule has 1 aromatic heterocycles. The van der Waals surface area contributed by atoms with Gasteiger partial charge in [-0.2, -0.15) is 9.37 Å². The first-order chi connectivity index (χ1) is 6.29. The lowest BCUT2D eigenvalue weighted by Gasteiger charge is -2.11. The minimum absolute atomic E-state index is 0.170. The number of halogens is 4. The molecular formula is C8H7F4NO. The Balaban J connectivity index is 3.09. The van der Waals surface area contributed by atoms with Crippen LogP contribution in [0.2, 0.25) is 0 Å². The highest BCUT2D eigenvalue weighted by molar-refractivity contribution is 5.32. The smallest absolute Gasteiger partial charge is 0.387 e. The van der Waals surface area contributed by atoms with Crippen molar-refractivity contribution in [2.45, 2.75) is 20.2 Å². The molecule has 6 heteroatoms. The summed E-state index contributed by atoms with van der Waals surface area (Å²) in [6.45, 7) is 2.85. The summed E-state index contributed by atoms with van der Waals surface area (Å²) >= 11 is 0. The maximum absolute atomic E-state index is 12.6. The van der Waals surface area contributed by atoms with E-state index in [1.54, 1.807) is 0 Å². The molecule has 78 valence electrons. The van der Waals surface area contributed by atoms with Crippen LogP contribution in [0.25, 0.3) is 0 Å². The van der Waals surface area contributed by atoms with Crippen molar-refractivity contribution in [1.29, 1.82) is 0 Å². The van der Waals surface area contributed by atoms with Crippen LogP contribution < -0.4 is 4.74 Å². The topological polar surface area (TPSA) is 22.1 Å². The second kappa shape index (κ2) is 3.43. The van der Waals surface area contributed by atoms with E-state index in [2.05, 4.69) is 9.72 Å². The highest BCUT2D eigenvalue weighted by Gasteiger charge is 2.32. The Kier molecular flexibility index (Phi) is 2.64. The lowest BCUT2D eigenvalue weighted by molar-refractivity contribution is -0.276. The number of hydrogen-bond acceptors (Lipinski definition) is 2. The maximum atomic E-state index is 12.6. The second-order valence-corrected chi connectivity index (χ2v) is 2.74. The van der Waals surface area contributed by atoms with Crippen LogP contribution in [0.4, 0.5) is 17.6 Å². The summed E-state index contributed by atoms with van der Waals surface area (Å²) in [4.78, 5) is 3.01. The van der Waals surface area contributed by atoms with Crippen molar-refractivity contribution in [3.63, 3.8) is 0 Å². The molecule has 1 rings (SSSR count). The maximum Gasteiger partial charge on any atom is 0.574 e. The van der Waals surface area contributed by atoms with Crippen LogP contribution >= 0.6 is 0 Å². The van der Waals surface area contributed by atoms with Crippen LogP contribution in [0.15, 0.2) is 6.07 Å². The van der Waals surface area contributed by atoms with Crippen molar-refractivity contribution >= 4 is 0 Å².